The minimum absolute atomic E-state index is 0.117. The van der Waals surface area contributed by atoms with E-state index in [1.54, 1.807) is 6.20 Å². The van der Waals surface area contributed by atoms with Crippen molar-refractivity contribution in [1.29, 1.82) is 5.41 Å². The molecule has 1 aliphatic rings. The second-order valence-corrected chi connectivity index (χ2v) is 5.14. The first-order valence-electron chi connectivity index (χ1n) is 5.52. The van der Waals surface area contributed by atoms with Crippen molar-refractivity contribution in [2.75, 3.05) is 0 Å². The number of hydrogen-bond acceptors (Lipinski definition) is 4. The van der Waals surface area contributed by atoms with Gasteiger partial charge >= 0.3 is 0 Å². The molecule has 2 aromatic heterocycles. The minimum atomic E-state index is 0.117. The van der Waals surface area contributed by atoms with Gasteiger partial charge in [0.25, 0.3) is 0 Å². The summed E-state index contributed by atoms with van der Waals surface area (Å²) in [6.07, 6.45) is 4.07. The zero-order valence-corrected chi connectivity index (χ0v) is 10.00. The molecule has 17 heavy (non-hydrogen) atoms. The Morgan fingerprint density at radius 3 is 2.82 bits per heavy atom. The lowest BCUT2D eigenvalue weighted by atomic mass is 10.2. The third-order valence-electron chi connectivity index (χ3n) is 2.75. The zero-order valence-electron chi connectivity index (χ0n) is 9.18. The van der Waals surface area contributed by atoms with Crippen LogP contribution in [0.1, 0.15) is 29.3 Å². The Labute approximate surface area is 103 Å². The van der Waals surface area contributed by atoms with Crippen LogP contribution < -0.4 is 5.73 Å². The maximum Gasteiger partial charge on any atom is 0.142 e. The van der Waals surface area contributed by atoms with E-state index >= 15 is 0 Å². The van der Waals surface area contributed by atoms with E-state index in [0.29, 0.717) is 5.92 Å². The van der Waals surface area contributed by atoms with Crippen LogP contribution >= 0.6 is 11.3 Å². The topological polar surface area (TPSA) is 75.7 Å². The van der Waals surface area contributed by atoms with Gasteiger partial charge in [-0.2, -0.15) is 0 Å². The lowest BCUT2D eigenvalue weighted by molar-refractivity contribution is 1.04. The molecule has 0 unspecified atom stereocenters. The number of nitrogens with one attached hydrogen (secondary N) is 1. The third kappa shape index (κ3) is 1.93. The van der Waals surface area contributed by atoms with Crippen molar-refractivity contribution in [3.05, 3.63) is 35.0 Å². The Bertz CT molecular complexity index is 557. The largest absolute Gasteiger partial charge is 0.383 e. The first-order chi connectivity index (χ1) is 8.25. The van der Waals surface area contributed by atoms with Gasteiger partial charge in [0.05, 0.1) is 16.3 Å². The van der Waals surface area contributed by atoms with Crippen LogP contribution in [0.25, 0.3) is 10.7 Å². The maximum absolute atomic E-state index is 7.60. The van der Waals surface area contributed by atoms with Crippen LogP contribution in [0.5, 0.6) is 0 Å². The van der Waals surface area contributed by atoms with Gasteiger partial charge in [-0.05, 0) is 25.0 Å². The molecule has 1 saturated carbocycles. The van der Waals surface area contributed by atoms with E-state index in [9.17, 15) is 0 Å². The summed E-state index contributed by atoms with van der Waals surface area (Å²) in [7, 11) is 0. The Morgan fingerprint density at radius 2 is 2.24 bits per heavy atom. The van der Waals surface area contributed by atoms with E-state index in [4.69, 9.17) is 11.1 Å². The van der Waals surface area contributed by atoms with Gasteiger partial charge in [-0.3, -0.25) is 10.4 Å². The summed E-state index contributed by atoms with van der Waals surface area (Å²) in [6, 6.07) is 5.75. The van der Waals surface area contributed by atoms with Crippen molar-refractivity contribution in [3.8, 4) is 10.7 Å². The SMILES string of the molecule is N=C(N)c1sc(-c2ccccn2)nc1C1CC1. The van der Waals surface area contributed by atoms with Crippen molar-refractivity contribution < 1.29 is 0 Å². The van der Waals surface area contributed by atoms with Crippen molar-refractivity contribution in [3.63, 3.8) is 0 Å². The molecule has 2 heterocycles. The lowest BCUT2D eigenvalue weighted by Gasteiger charge is -1.95. The highest BCUT2D eigenvalue weighted by Gasteiger charge is 2.30. The molecule has 3 N–H and O–H groups in total. The number of hydrogen-bond donors (Lipinski definition) is 2. The molecule has 0 aromatic carbocycles. The molecule has 0 amide bonds. The summed E-state index contributed by atoms with van der Waals surface area (Å²) >= 11 is 1.47. The van der Waals surface area contributed by atoms with Gasteiger partial charge < -0.3 is 5.73 Å². The van der Waals surface area contributed by atoms with Gasteiger partial charge in [-0.1, -0.05) is 6.07 Å². The van der Waals surface area contributed by atoms with Crippen molar-refractivity contribution in [2.24, 2.45) is 5.73 Å². The summed E-state index contributed by atoms with van der Waals surface area (Å²) < 4.78 is 0. The lowest BCUT2D eigenvalue weighted by Crippen LogP contribution is -2.11. The molecule has 1 aliphatic carbocycles. The summed E-state index contributed by atoms with van der Waals surface area (Å²) in [5, 5.41) is 8.46. The van der Waals surface area contributed by atoms with Gasteiger partial charge in [-0.25, -0.2) is 4.98 Å². The number of amidine groups is 1. The second kappa shape index (κ2) is 3.92. The van der Waals surface area contributed by atoms with E-state index in [2.05, 4.69) is 9.97 Å². The Kier molecular flexibility index (Phi) is 2.40. The number of nitrogen functional groups attached to an aromatic ring is 1. The van der Waals surface area contributed by atoms with Gasteiger partial charge in [0.15, 0.2) is 0 Å². The van der Waals surface area contributed by atoms with Crippen molar-refractivity contribution >= 4 is 17.2 Å². The number of nitrogens with two attached hydrogens (primary N) is 1. The molecular formula is C12H12N4S. The first kappa shape index (κ1) is 10.4. The molecule has 0 saturated heterocycles. The monoisotopic (exact) mass is 244 g/mol. The summed E-state index contributed by atoms with van der Waals surface area (Å²) in [4.78, 5) is 9.69. The summed E-state index contributed by atoms with van der Waals surface area (Å²) in [5.41, 5.74) is 7.45. The van der Waals surface area contributed by atoms with Crippen molar-refractivity contribution in [2.45, 2.75) is 18.8 Å². The standard InChI is InChI=1S/C12H12N4S/c13-11(14)10-9(7-4-5-7)16-12(17-10)8-3-1-2-6-15-8/h1-3,6-7H,4-5H2,(H3,13,14). The molecule has 0 bridgehead atoms. The maximum atomic E-state index is 7.60. The van der Waals surface area contributed by atoms with Crippen LogP contribution in [0, 0.1) is 5.41 Å². The highest BCUT2D eigenvalue weighted by atomic mass is 32.1. The second-order valence-electron chi connectivity index (χ2n) is 4.14. The quantitative estimate of drug-likeness (QED) is 0.643. The third-order valence-corrected chi connectivity index (χ3v) is 3.87. The highest BCUT2D eigenvalue weighted by molar-refractivity contribution is 7.17. The molecule has 3 rings (SSSR count). The van der Waals surface area contributed by atoms with E-state index in [1.807, 2.05) is 18.2 Å². The summed E-state index contributed by atoms with van der Waals surface area (Å²) in [5.74, 6) is 0.620. The van der Waals surface area contributed by atoms with E-state index in [-0.39, 0.29) is 5.84 Å². The molecule has 0 radical (unpaired) electrons. The van der Waals surface area contributed by atoms with Crippen molar-refractivity contribution in [1.82, 2.24) is 9.97 Å². The minimum Gasteiger partial charge on any atom is -0.383 e. The Hall–Kier alpha value is -1.75. The number of thiazole rings is 1. The van der Waals surface area contributed by atoms with Crippen LogP contribution in [-0.4, -0.2) is 15.8 Å². The van der Waals surface area contributed by atoms with E-state index < -0.39 is 0 Å². The highest BCUT2D eigenvalue weighted by Crippen LogP contribution is 2.43. The van der Waals surface area contributed by atoms with Gasteiger partial charge in [0.1, 0.15) is 10.8 Å². The molecule has 1 fully saturated rings. The fourth-order valence-corrected chi connectivity index (χ4v) is 2.75. The van der Waals surface area contributed by atoms with Crippen LogP contribution in [0.15, 0.2) is 24.4 Å². The van der Waals surface area contributed by atoms with Gasteiger partial charge in [-0.15, -0.1) is 11.3 Å². The fraction of sp³-hybridized carbons (Fsp3) is 0.250. The molecule has 0 aliphatic heterocycles. The van der Waals surface area contributed by atoms with Crippen LogP contribution in [0.3, 0.4) is 0 Å². The fourth-order valence-electron chi connectivity index (χ4n) is 1.76. The number of nitrogens with zero attached hydrogens (tertiary/aromatic N) is 2. The molecule has 5 heteroatoms. The molecule has 2 aromatic rings. The average Bonchev–Trinajstić information content (AvgIpc) is 3.09. The molecule has 4 nitrogen and oxygen atoms in total. The zero-order chi connectivity index (χ0) is 11.8. The number of aromatic nitrogens is 2. The summed E-state index contributed by atoms with van der Waals surface area (Å²) in [6.45, 7) is 0. The Morgan fingerprint density at radius 1 is 1.41 bits per heavy atom. The smallest absolute Gasteiger partial charge is 0.142 e. The van der Waals surface area contributed by atoms with Gasteiger partial charge in [0, 0.05) is 12.1 Å². The number of rotatable bonds is 3. The van der Waals surface area contributed by atoms with E-state index in [0.717, 1.165) is 34.1 Å². The van der Waals surface area contributed by atoms with Crippen LogP contribution in [-0.2, 0) is 0 Å². The Balaban J connectivity index is 2.07. The predicted octanol–water partition coefficient (Wildman–Crippen LogP) is 2.37. The molecule has 86 valence electrons. The molecule has 0 atom stereocenters. The number of pyridine rings is 1. The molecular weight excluding hydrogens is 232 g/mol. The predicted molar refractivity (Wildman–Crippen MR) is 68.3 cm³/mol. The molecule has 0 spiro atoms. The van der Waals surface area contributed by atoms with Crippen LogP contribution in [0.4, 0.5) is 0 Å². The average molecular weight is 244 g/mol. The normalized spacial score (nSPS) is 14.8. The van der Waals surface area contributed by atoms with E-state index in [1.165, 1.54) is 11.3 Å². The van der Waals surface area contributed by atoms with Crippen LogP contribution in [0.2, 0.25) is 0 Å². The van der Waals surface area contributed by atoms with Gasteiger partial charge in [0.2, 0.25) is 0 Å². The first-order valence-corrected chi connectivity index (χ1v) is 6.34.